The molecule has 9 heteroatoms. The molecule has 2 aromatic rings. The van der Waals surface area contributed by atoms with Crippen molar-refractivity contribution in [3.8, 4) is 16.9 Å². The highest BCUT2D eigenvalue weighted by Crippen LogP contribution is 2.24. The van der Waals surface area contributed by atoms with Crippen LogP contribution in [0, 0.1) is 0 Å². The summed E-state index contributed by atoms with van der Waals surface area (Å²) in [5.74, 6) is -0.191. The molecule has 1 heterocycles. The van der Waals surface area contributed by atoms with Gasteiger partial charge in [-0.1, -0.05) is 36.4 Å². The molecule has 1 amide bonds. The van der Waals surface area contributed by atoms with Crippen LogP contribution in [0.2, 0.25) is 0 Å². The maximum atomic E-state index is 12.8. The Morgan fingerprint density at radius 3 is 2.33 bits per heavy atom. The van der Waals surface area contributed by atoms with E-state index in [-0.39, 0.29) is 18.6 Å². The number of nitrogens with one attached hydrogen (secondary N) is 1. The second kappa shape index (κ2) is 9.27. The first kappa shape index (κ1) is 21.8. The van der Waals surface area contributed by atoms with Crippen molar-refractivity contribution in [2.45, 2.75) is 32.2 Å². The molecule has 8 nitrogen and oxygen atoms in total. The van der Waals surface area contributed by atoms with Crippen molar-refractivity contribution in [3.05, 3.63) is 54.1 Å². The number of methoxy groups -OCH3 is 1. The van der Waals surface area contributed by atoms with Crippen molar-refractivity contribution >= 4 is 21.6 Å². The summed E-state index contributed by atoms with van der Waals surface area (Å²) in [5, 5.41) is 13.0. The fourth-order valence-corrected chi connectivity index (χ4v) is 4.83. The third-order valence-corrected chi connectivity index (χ3v) is 6.67. The van der Waals surface area contributed by atoms with E-state index in [0.717, 1.165) is 26.9 Å². The minimum atomic E-state index is -3.83. The van der Waals surface area contributed by atoms with Crippen LogP contribution in [0.3, 0.4) is 0 Å². The van der Waals surface area contributed by atoms with E-state index in [9.17, 15) is 13.2 Å². The van der Waals surface area contributed by atoms with Gasteiger partial charge in [-0.3, -0.25) is 10.0 Å². The minimum Gasteiger partial charge on any atom is -0.497 e. The molecule has 0 saturated carbocycles. The number of amides is 1. The van der Waals surface area contributed by atoms with Crippen LogP contribution in [0.5, 0.6) is 5.75 Å². The minimum absolute atomic E-state index is 0.194. The van der Waals surface area contributed by atoms with Crippen LogP contribution in [-0.4, -0.2) is 48.6 Å². The lowest BCUT2D eigenvalue weighted by molar-refractivity contribution is -0.133. The lowest BCUT2D eigenvalue weighted by Crippen LogP contribution is -2.49. The zero-order valence-electron chi connectivity index (χ0n) is 16.9. The van der Waals surface area contributed by atoms with Crippen molar-refractivity contribution in [1.29, 1.82) is 0 Å². The number of carbonyl (C=O) groups excluding carboxylic acids is 1. The average molecular weight is 432 g/mol. The molecule has 0 bridgehead atoms. The third kappa shape index (κ3) is 4.98. The van der Waals surface area contributed by atoms with Gasteiger partial charge in [-0.2, -0.15) is 9.52 Å². The average Bonchev–Trinajstić information content (AvgIpc) is 2.77. The number of hydroxylamine groups is 1. The molecule has 30 heavy (non-hydrogen) atoms. The van der Waals surface area contributed by atoms with Crippen LogP contribution in [0.15, 0.2) is 53.6 Å². The van der Waals surface area contributed by atoms with Gasteiger partial charge >= 0.3 is 0 Å². The largest absolute Gasteiger partial charge is 0.497 e. The first-order valence-corrected chi connectivity index (χ1v) is 11.2. The maximum Gasteiger partial charge on any atom is 0.269 e. The fraction of sp³-hybridized carbons (Fsp3) is 0.333. The molecule has 0 saturated heterocycles. The number of hydrazone groups is 1. The topological polar surface area (TPSA) is 108 Å². The highest BCUT2D eigenvalue weighted by Gasteiger charge is 2.36. The van der Waals surface area contributed by atoms with Gasteiger partial charge in [-0.05, 0) is 55.0 Å². The van der Waals surface area contributed by atoms with Crippen LogP contribution >= 0.6 is 0 Å². The number of benzene rings is 2. The lowest BCUT2D eigenvalue weighted by atomic mass is 10.0. The van der Waals surface area contributed by atoms with Gasteiger partial charge in [0.1, 0.15) is 11.8 Å². The number of carbonyl (C=O) groups is 1. The van der Waals surface area contributed by atoms with E-state index >= 15 is 0 Å². The van der Waals surface area contributed by atoms with Crippen LogP contribution in [0.1, 0.15) is 25.3 Å². The Balaban J connectivity index is 1.70. The van der Waals surface area contributed by atoms with E-state index in [2.05, 4.69) is 5.10 Å². The van der Waals surface area contributed by atoms with Crippen molar-refractivity contribution in [3.63, 3.8) is 0 Å². The number of ether oxygens (including phenoxy) is 1. The first-order chi connectivity index (χ1) is 14.3. The van der Waals surface area contributed by atoms with Crippen molar-refractivity contribution in [2.24, 2.45) is 5.10 Å². The molecule has 160 valence electrons. The van der Waals surface area contributed by atoms with Gasteiger partial charge in [-0.15, -0.1) is 0 Å². The number of hydrogen-bond acceptors (Lipinski definition) is 6. The Morgan fingerprint density at radius 2 is 1.77 bits per heavy atom. The van der Waals surface area contributed by atoms with Crippen molar-refractivity contribution < 1.29 is 23.2 Å². The van der Waals surface area contributed by atoms with Gasteiger partial charge < -0.3 is 4.74 Å². The van der Waals surface area contributed by atoms with Crippen LogP contribution in [-0.2, 0) is 21.2 Å². The van der Waals surface area contributed by atoms with E-state index in [1.165, 1.54) is 5.48 Å². The fourth-order valence-electron chi connectivity index (χ4n) is 3.29. The zero-order valence-corrected chi connectivity index (χ0v) is 17.7. The standard InChI is InChI=1S/C21H25N3O5S/c1-15-3-12-20(21(25)23-26)24(22-15)30(27,28)14-13-16-4-6-17(7-5-16)18-8-10-19(29-2)11-9-18/h4-11,20,26H,3,12-14H2,1-2H3,(H,23,25). The smallest absolute Gasteiger partial charge is 0.269 e. The zero-order chi connectivity index (χ0) is 21.7. The normalized spacial score (nSPS) is 16.7. The lowest BCUT2D eigenvalue weighted by Gasteiger charge is -2.30. The SMILES string of the molecule is COc1ccc(-c2ccc(CCS(=O)(=O)N3N=C(C)CCC3C(=O)NO)cc2)cc1. The number of aryl methyl sites for hydroxylation is 1. The predicted octanol–water partition coefficient (Wildman–Crippen LogP) is 2.58. The maximum absolute atomic E-state index is 12.8. The van der Waals surface area contributed by atoms with Crippen molar-refractivity contribution in [2.75, 3.05) is 12.9 Å². The summed E-state index contributed by atoms with van der Waals surface area (Å²) < 4.78 is 31.7. The van der Waals surface area contributed by atoms with Crippen LogP contribution in [0.4, 0.5) is 0 Å². The summed E-state index contributed by atoms with van der Waals surface area (Å²) >= 11 is 0. The van der Waals surface area contributed by atoms with Crippen LogP contribution < -0.4 is 10.2 Å². The van der Waals surface area contributed by atoms with Gasteiger partial charge in [0.25, 0.3) is 15.9 Å². The third-order valence-electron chi connectivity index (χ3n) is 5.04. The highest BCUT2D eigenvalue weighted by atomic mass is 32.2. The molecule has 2 N–H and O–H groups in total. The molecule has 0 radical (unpaired) electrons. The van der Waals surface area contributed by atoms with Gasteiger partial charge in [-0.25, -0.2) is 13.9 Å². The number of sulfonamides is 1. The molecule has 1 aliphatic rings. The number of nitrogens with zero attached hydrogens (tertiary/aromatic N) is 2. The van der Waals surface area contributed by atoms with Gasteiger partial charge in [0.15, 0.2) is 0 Å². The Kier molecular flexibility index (Phi) is 6.73. The molecule has 0 aromatic heterocycles. The summed E-state index contributed by atoms with van der Waals surface area (Å²) in [7, 11) is -2.21. The molecule has 2 aromatic carbocycles. The molecule has 0 fully saturated rings. The Hall–Kier alpha value is -2.91. The van der Waals surface area contributed by atoms with E-state index < -0.39 is 22.0 Å². The van der Waals surface area contributed by atoms with Crippen LogP contribution in [0.25, 0.3) is 11.1 Å². The Labute approximate surface area is 176 Å². The molecule has 0 aliphatic carbocycles. The summed E-state index contributed by atoms with van der Waals surface area (Å²) in [6.45, 7) is 1.72. The monoisotopic (exact) mass is 431 g/mol. The van der Waals surface area contributed by atoms with E-state index in [4.69, 9.17) is 9.94 Å². The highest BCUT2D eigenvalue weighted by molar-refractivity contribution is 7.89. The second-order valence-electron chi connectivity index (χ2n) is 7.13. The molecular formula is C21H25N3O5S. The van der Waals surface area contributed by atoms with E-state index in [1.54, 1.807) is 14.0 Å². The number of hydrogen-bond donors (Lipinski definition) is 2. The van der Waals surface area contributed by atoms with Crippen molar-refractivity contribution in [1.82, 2.24) is 9.89 Å². The van der Waals surface area contributed by atoms with Gasteiger partial charge in [0.2, 0.25) is 0 Å². The molecule has 0 spiro atoms. The van der Waals surface area contributed by atoms with E-state index in [0.29, 0.717) is 12.1 Å². The Bertz CT molecular complexity index is 1020. The summed E-state index contributed by atoms with van der Waals surface area (Å²) in [6.07, 6.45) is 1.05. The molecule has 1 aliphatic heterocycles. The van der Waals surface area contributed by atoms with Gasteiger partial charge in [0, 0.05) is 5.71 Å². The molecule has 1 atom stereocenters. The molecule has 1 unspecified atom stereocenters. The first-order valence-electron chi connectivity index (χ1n) is 9.57. The molecule has 3 rings (SSSR count). The predicted molar refractivity (Wildman–Crippen MR) is 114 cm³/mol. The number of rotatable bonds is 7. The summed E-state index contributed by atoms with van der Waals surface area (Å²) in [4.78, 5) is 11.9. The summed E-state index contributed by atoms with van der Waals surface area (Å²) in [6, 6.07) is 14.3. The second-order valence-corrected chi connectivity index (χ2v) is 9.08. The molecular weight excluding hydrogens is 406 g/mol. The van der Waals surface area contributed by atoms with E-state index in [1.807, 2.05) is 48.5 Å². The Morgan fingerprint density at radius 1 is 1.17 bits per heavy atom. The summed E-state index contributed by atoms with van der Waals surface area (Å²) in [5.41, 5.74) is 5.07. The van der Waals surface area contributed by atoms with Gasteiger partial charge in [0.05, 0.1) is 12.9 Å². The quantitative estimate of drug-likeness (QED) is 0.517.